The lowest BCUT2D eigenvalue weighted by Crippen LogP contribution is -2.00. The Labute approximate surface area is 77.2 Å². The van der Waals surface area contributed by atoms with Crippen LogP contribution in [0.2, 0.25) is 5.02 Å². The highest BCUT2D eigenvalue weighted by atomic mass is 35.5. The van der Waals surface area contributed by atoms with E-state index in [1.807, 2.05) is 26.0 Å². The van der Waals surface area contributed by atoms with Crippen molar-refractivity contribution in [3.63, 3.8) is 0 Å². The van der Waals surface area contributed by atoms with Crippen LogP contribution in [-0.4, -0.2) is 0 Å². The van der Waals surface area contributed by atoms with Gasteiger partial charge in [0.15, 0.2) is 0 Å². The first-order chi connectivity index (χ1) is 5.65. The zero-order valence-electron chi connectivity index (χ0n) is 7.23. The molecular formula is C9H12ClNO. The van der Waals surface area contributed by atoms with Gasteiger partial charge in [-0.15, -0.1) is 0 Å². The van der Waals surface area contributed by atoms with Crippen molar-refractivity contribution >= 4 is 11.6 Å². The van der Waals surface area contributed by atoms with Crippen LogP contribution in [0.4, 0.5) is 0 Å². The highest BCUT2D eigenvalue weighted by molar-refractivity contribution is 6.32. The first-order valence-electron chi connectivity index (χ1n) is 3.72. The second-order valence-corrected chi connectivity index (χ2v) is 3.24. The number of rotatable bonds is 2. The van der Waals surface area contributed by atoms with E-state index < -0.39 is 0 Å². The van der Waals surface area contributed by atoms with Gasteiger partial charge >= 0.3 is 0 Å². The number of benzene rings is 1. The molecule has 0 radical (unpaired) electrons. The first kappa shape index (κ1) is 9.52. The SMILES string of the molecule is Cc1cc(C)c(Cl)c(CON)c1. The molecule has 0 saturated carbocycles. The van der Waals surface area contributed by atoms with Crippen LogP contribution in [-0.2, 0) is 11.4 Å². The van der Waals surface area contributed by atoms with E-state index in [1.54, 1.807) is 0 Å². The minimum Gasteiger partial charge on any atom is -0.300 e. The van der Waals surface area contributed by atoms with Gasteiger partial charge in [0.2, 0.25) is 0 Å². The number of halogens is 1. The average Bonchev–Trinajstić information content (AvgIpc) is 2.00. The fourth-order valence-corrected chi connectivity index (χ4v) is 1.40. The van der Waals surface area contributed by atoms with E-state index in [4.69, 9.17) is 17.5 Å². The lowest BCUT2D eigenvalue weighted by atomic mass is 10.1. The van der Waals surface area contributed by atoms with Crippen molar-refractivity contribution in [3.8, 4) is 0 Å². The van der Waals surface area contributed by atoms with Gasteiger partial charge in [0.05, 0.1) is 6.61 Å². The molecule has 0 bridgehead atoms. The molecule has 0 fully saturated rings. The molecule has 0 aromatic heterocycles. The normalized spacial score (nSPS) is 10.3. The van der Waals surface area contributed by atoms with Crippen LogP contribution in [0.5, 0.6) is 0 Å². The van der Waals surface area contributed by atoms with E-state index in [-0.39, 0.29) is 0 Å². The third kappa shape index (κ3) is 1.97. The second-order valence-electron chi connectivity index (χ2n) is 2.87. The summed E-state index contributed by atoms with van der Waals surface area (Å²) in [4.78, 5) is 4.53. The van der Waals surface area contributed by atoms with Crippen LogP contribution in [0, 0.1) is 13.8 Å². The summed E-state index contributed by atoms with van der Waals surface area (Å²) in [5, 5.41) is 0.742. The van der Waals surface area contributed by atoms with Crippen molar-refractivity contribution in [2.75, 3.05) is 0 Å². The van der Waals surface area contributed by atoms with Gasteiger partial charge in [-0.2, -0.15) is 0 Å². The minimum atomic E-state index is 0.362. The zero-order valence-corrected chi connectivity index (χ0v) is 7.98. The monoisotopic (exact) mass is 185 g/mol. The molecule has 0 atom stereocenters. The molecule has 0 aliphatic rings. The number of hydrogen-bond acceptors (Lipinski definition) is 2. The van der Waals surface area contributed by atoms with Gasteiger partial charge in [0.1, 0.15) is 0 Å². The van der Waals surface area contributed by atoms with Crippen molar-refractivity contribution in [2.45, 2.75) is 20.5 Å². The van der Waals surface area contributed by atoms with Crippen molar-refractivity contribution in [1.82, 2.24) is 0 Å². The average molecular weight is 186 g/mol. The Hall–Kier alpha value is -0.570. The molecule has 0 aliphatic heterocycles. The maximum absolute atomic E-state index is 6.01. The van der Waals surface area contributed by atoms with Gasteiger partial charge in [-0.1, -0.05) is 29.3 Å². The molecule has 3 heteroatoms. The molecule has 12 heavy (non-hydrogen) atoms. The molecule has 2 nitrogen and oxygen atoms in total. The number of nitrogens with two attached hydrogens (primary N) is 1. The molecule has 2 N–H and O–H groups in total. The zero-order chi connectivity index (χ0) is 9.14. The van der Waals surface area contributed by atoms with E-state index in [0.717, 1.165) is 16.1 Å². The summed E-state index contributed by atoms with van der Waals surface area (Å²) < 4.78 is 0. The molecule has 1 aromatic rings. The Morgan fingerprint density at radius 2 is 2.08 bits per heavy atom. The molecule has 0 unspecified atom stereocenters. The highest BCUT2D eigenvalue weighted by Gasteiger charge is 2.03. The van der Waals surface area contributed by atoms with Gasteiger partial charge < -0.3 is 0 Å². The Bertz CT molecular complexity index is 286. The van der Waals surface area contributed by atoms with Crippen molar-refractivity contribution in [2.24, 2.45) is 5.90 Å². The van der Waals surface area contributed by atoms with Gasteiger partial charge in [0.25, 0.3) is 0 Å². The molecule has 66 valence electrons. The van der Waals surface area contributed by atoms with Crippen LogP contribution in [0.1, 0.15) is 16.7 Å². The third-order valence-corrected chi connectivity index (χ3v) is 2.25. The van der Waals surface area contributed by atoms with E-state index >= 15 is 0 Å². The quantitative estimate of drug-likeness (QED) is 0.718. The predicted molar refractivity (Wildman–Crippen MR) is 49.9 cm³/mol. The molecule has 0 amide bonds. The van der Waals surface area contributed by atoms with E-state index in [2.05, 4.69) is 4.84 Å². The Morgan fingerprint density at radius 3 is 2.67 bits per heavy atom. The van der Waals surface area contributed by atoms with E-state index in [9.17, 15) is 0 Å². The standard InChI is InChI=1S/C9H12ClNO/c1-6-3-7(2)9(10)8(4-6)5-12-11/h3-4H,5,11H2,1-2H3. The molecule has 1 rings (SSSR count). The van der Waals surface area contributed by atoms with Crippen LogP contribution in [0.25, 0.3) is 0 Å². The highest BCUT2D eigenvalue weighted by Crippen LogP contribution is 2.22. The summed E-state index contributed by atoms with van der Waals surface area (Å²) in [7, 11) is 0. The van der Waals surface area contributed by atoms with Crippen LogP contribution in [0.3, 0.4) is 0 Å². The van der Waals surface area contributed by atoms with Crippen molar-refractivity contribution in [3.05, 3.63) is 33.8 Å². The molecule has 0 spiro atoms. The van der Waals surface area contributed by atoms with Crippen LogP contribution >= 0.6 is 11.6 Å². The van der Waals surface area contributed by atoms with Crippen molar-refractivity contribution < 1.29 is 4.84 Å². The molecule has 0 heterocycles. The molecule has 0 aliphatic carbocycles. The predicted octanol–water partition coefficient (Wildman–Crippen LogP) is 2.35. The first-order valence-corrected chi connectivity index (χ1v) is 4.10. The molecule has 0 saturated heterocycles. The Kier molecular flexibility index (Phi) is 3.09. The fraction of sp³-hybridized carbons (Fsp3) is 0.333. The van der Waals surface area contributed by atoms with Gasteiger partial charge in [0, 0.05) is 5.02 Å². The summed E-state index contributed by atoms with van der Waals surface area (Å²) >= 11 is 6.01. The largest absolute Gasteiger partial charge is 0.300 e. The maximum atomic E-state index is 6.01. The van der Waals surface area contributed by atoms with Gasteiger partial charge in [-0.25, -0.2) is 5.90 Å². The number of hydrogen-bond donors (Lipinski definition) is 1. The van der Waals surface area contributed by atoms with Gasteiger partial charge in [-0.3, -0.25) is 4.84 Å². The summed E-state index contributed by atoms with van der Waals surface area (Å²) in [6, 6.07) is 4.00. The van der Waals surface area contributed by atoms with E-state index in [1.165, 1.54) is 5.56 Å². The minimum absolute atomic E-state index is 0.362. The number of aryl methyl sites for hydroxylation is 2. The third-order valence-electron chi connectivity index (χ3n) is 1.71. The lowest BCUT2D eigenvalue weighted by molar-refractivity contribution is 0.124. The van der Waals surface area contributed by atoms with Gasteiger partial charge in [-0.05, 0) is 25.0 Å². The van der Waals surface area contributed by atoms with Crippen LogP contribution in [0.15, 0.2) is 12.1 Å². The Morgan fingerprint density at radius 1 is 1.42 bits per heavy atom. The van der Waals surface area contributed by atoms with Crippen molar-refractivity contribution in [1.29, 1.82) is 0 Å². The molecule has 1 aromatic carbocycles. The topological polar surface area (TPSA) is 35.2 Å². The maximum Gasteiger partial charge on any atom is 0.0944 e. The van der Waals surface area contributed by atoms with Crippen LogP contribution < -0.4 is 5.90 Å². The van der Waals surface area contributed by atoms with E-state index in [0.29, 0.717) is 6.61 Å². The fourth-order valence-electron chi connectivity index (χ4n) is 1.23. The Balaban J connectivity index is 3.09. The summed E-state index contributed by atoms with van der Waals surface area (Å²) in [6.45, 7) is 4.35. The summed E-state index contributed by atoms with van der Waals surface area (Å²) in [5.41, 5.74) is 3.17. The lowest BCUT2D eigenvalue weighted by Gasteiger charge is -2.06. The second kappa shape index (κ2) is 3.90. The molecular weight excluding hydrogens is 174 g/mol. The smallest absolute Gasteiger partial charge is 0.0944 e. The summed E-state index contributed by atoms with van der Waals surface area (Å²) in [5.74, 6) is 4.97. The summed E-state index contributed by atoms with van der Waals surface area (Å²) in [6.07, 6.45) is 0.